The highest BCUT2D eigenvalue weighted by Crippen LogP contribution is 2.08. The zero-order chi connectivity index (χ0) is 13.8. The Balaban J connectivity index is 2.00. The van der Waals surface area contributed by atoms with Gasteiger partial charge in [-0.1, -0.05) is 12.1 Å². The lowest BCUT2D eigenvalue weighted by atomic mass is 10.1. The van der Waals surface area contributed by atoms with Crippen LogP contribution in [0.2, 0.25) is 0 Å². The summed E-state index contributed by atoms with van der Waals surface area (Å²) in [5.41, 5.74) is 0.699. The Bertz CT molecular complexity index is 477. The van der Waals surface area contributed by atoms with E-state index in [1.807, 2.05) is 4.90 Å². The van der Waals surface area contributed by atoms with Gasteiger partial charge in [-0.2, -0.15) is 0 Å². The lowest BCUT2D eigenvalue weighted by molar-refractivity contribution is -0.127. The molecular formula is C15H19FN2O. The van der Waals surface area contributed by atoms with Crippen LogP contribution in [0.15, 0.2) is 30.3 Å². The Hall–Kier alpha value is -1.68. The smallest absolute Gasteiger partial charge is 0.246 e. The first-order valence-electron chi connectivity index (χ1n) is 6.53. The van der Waals surface area contributed by atoms with E-state index < -0.39 is 0 Å². The van der Waals surface area contributed by atoms with Gasteiger partial charge in [0.15, 0.2) is 0 Å². The van der Waals surface area contributed by atoms with E-state index in [4.69, 9.17) is 0 Å². The molecule has 2 atom stereocenters. The third-order valence-electron chi connectivity index (χ3n) is 3.14. The second kappa shape index (κ2) is 5.97. The molecule has 1 amide bonds. The number of amides is 1. The number of carbonyl (C=O) groups is 1. The van der Waals surface area contributed by atoms with Gasteiger partial charge in [-0.25, -0.2) is 4.39 Å². The second-order valence-corrected chi connectivity index (χ2v) is 5.10. The van der Waals surface area contributed by atoms with Crippen molar-refractivity contribution in [3.8, 4) is 0 Å². The van der Waals surface area contributed by atoms with Gasteiger partial charge in [0.1, 0.15) is 5.82 Å². The number of carbonyl (C=O) groups excluding carboxylic acids is 1. The topological polar surface area (TPSA) is 32.3 Å². The molecule has 1 saturated heterocycles. The minimum atomic E-state index is -0.293. The number of piperazine rings is 1. The van der Waals surface area contributed by atoms with Crippen molar-refractivity contribution in [2.24, 2.45) is 0 Å². The molecule has 4 heteroatoms. The molecule has 1 aromatic carbocycles. The summed E-state index contributed by atoms with van der Waals surface area (Å²) in [6.07, 6.45) is 3.17. The Labute approximate surface area is 113 Å². The summed E-state index contributed by atoms with van der Waals surface area (Å²) in [6.45, 7) is 5.53. The third kappa shape index (κ3) is 3.89. The van der Waals surface area contributed by atoms with E-state index in [0.29, 0.717) is 30.7 Å². The lowest BCUT2D eigenvalue weighted by Crippen LogP contribution is -2.55. The maximum atomic E-state index is 13.0. The number of hydrogen-bond acceptors (Lipinski definition) is 2. The first-order valence-corrected chi connectivity index (χ1v) is 6.53. The minimum absolute atomic E-state index is 0.0236. The molecule has 0 spiro atoms. The summed E-state index contributed by atoms with van der Waals surface area (Å²) in [5.74, 6) is -0.316. The van der Waals surface area contributed by atoms with Gasteiger partial charge in [0.05, 0.1) is 0 Å². The van der Waals surface area contributed by atoms with E-state index in [0.717, 1.165) is 0 Å². The average Bonchev–Trinajstić information content (AvgIpc) is 2.35. The number of halogens is 1. The normalized spacial score (nSPS) is 23.8. The Morgan fingerprint density at radius 2 is 2.05 bits per heavy atom. The van der Waals surface area contributed by atoms with Crippen LogP contribution in [0.25, 0.3) is 6.08 Å². The van der Waals surface area contributed by atoms with Crippen molar-refractivity contribution in [2.45, 2.75) is 25.9 Å². The molecule has 0 radical (unpaired) electrons. The summed E-state index contributed by atoms with van der Waals surface area (Å²) in [6, 6.07) is 6.81. The predicted octanol–water partition coefficient (Wildman–Crippen LogP) is 2.05. The molecule has 2 rings (SSSR count). The molecule has 3 nitrogen and oxygen atoms in total. The van der Waals surface area contributed by atoms with Crippen molar-refractivity contribution in [2.75, 3.05) is 13.1 Å². The monoisotopic (exact) mass is 262 g/mol. The Morgan fingerprint density at radius 3 is 2.68 bits per heavy atom. The molecule has 1 fully saturated rings. The molecule has 19 heavy (non-hydrogen) atoms. The third-order valence-corrected chi connectivity index (χ3v) is 3.14. The molecule has 1 N–H and O–H groups in total. The molecule has 1 aliphatic rings. The van der Waals surface area contributed by atoms with Crippen LogP contribution in [0.3, 0.4) is 0 Å². The van der Waals surface area contributed by atoms with Crippen molar-refractivity contribution in [1.29, 1.82) is 0 Å². The zero-order valence-electron chi connectivity index (χ0n) is 11.3. The largest absolute Gasteiger partial charge is 0.336 e. The molecule has 102 valence electrons. The summed E-state index contributed by atoms with van der Waals surface area (Å²) >= 11 is 0. The van der Waals surface area contributed by atoms with Crippen molar-refractivity contribution >= 4 is 12.0 Å². The molecular weight excluding hydrogens is 243 g/mol. The van der Waals surface area contributed by atoms with E-state index in [1.54, 1.807) is 18.2 Å². The number of hydrogen-bond donors (Lipinski definition) is 1. The van der Waals surface area contributed by atoms with Crippen LogP contribution >= 0.6 is 0 Å². The molecule has 2 unspecified atom stereocenters. The number of rotatable bonds is 2. The van der Waals surface area contributed by atoms with Crippen LogP contribution in [0, 0.1) is 5.82 Å². The van der Waals surface area contributed by atoms with E-state index in [2.05, 4.69) is 19.2 Å². The highest BCUT2D eigenvalue weighted by molar-refractivity contribution is 5.91. The van der Waals surface area contributed by atoms with Gasteiger partial charge < -0.3 is 10.2 Å². The average molecular weight is 262 g/mol. The fourth-order valence-electron chi connectivity index (χ4n) is 2.39. The van der Waals surface area contributed by atoms with Crippen LogP contribution < -0.4 is 5.32 Å². The van der Waals surface area contributed by atoms with Gasteiger partial charge in [-0.3, -0.25) is 4.79 Å². The predicted molar refractivity (Wildman–Crippen MR) is 74.1 cm³/mol. The van der Waals surface area contributed by atoms with E-state index in [1.165, 1.54) is 18.2 Å². The minimum Gasteiger partial charge on any atom is -0.336 e. The Kier molecular flexibility index (Phi) is 4.32. The fourth-order valence-corrected chi connectivity index (χ4v) is 2.39. The standard InChI is InChI=1S/C15H19FN2O/c1-11-9-18(10-12(2)17-11)15(19)7-6-13-4-3-5-14(16)8-13/h3-8,11-12,17H,9-10H2,1-2H3. The molecule has 0 saturated carbocycles. The molecule has 0 aliphatic carbocycles. The van der Waals surface area contributed by atoms with Crippen LogP contribution in [0.5, 0.6) is 0 Å². The quantitative estimate of drug-likeness (QED) is 0.827. The Morgan fingerprint density at radius 1 is 1.37 bits per heavy atom. The van der Waals surface area contributed by atoms with Gasteiger partial charge in [0, 0.05) is 31.2 Å². The van der Waals surface area contributed by atoms with Gasteiger partial charge in [0.25, 0.3) is 0 Å². The van der Waals surface area contributed by atoms with Gasteiger partial charge in [0.2, 0.25) is 5.91 Å². The highest BCUT2D eigenvalue weighted by Gasteiger charge is 2.23. The summed E-state index contributed by atoms with van der Waals surface area (Å²) < 4.78 is 13.0. The zero-order valence-corrected chi connectivity index (χ0v) is 11.3. The van der Waals surface area contributed by atoms with Crippen molar-refractivity contribution in [1.82, 2.24) is 10.2 Å². The molecule has 0 bridgehead atoms. The van der Waals surface area contributed by atoms with Gasteiger partial charge in [-0.15, -0.1) is 0 Å². The summed E-state index contributed by atoms with van der Waals surface area (Å²) in [7, 11) is 0. The number of nitrogens with zero attached hydrogens (tertiary/aromatic N) is 1. The maximum absolute atomic E-state index is 13.0. The fraction of sp³-hybridized carbons (Fsp3) is 0.400. The van der Waals surface area contributed by atoms with E-state index >= 15 is 0 Å². The van der Waals surface area contributed by atoms with Crippen LogP contribution in [0.1, 0.15) is 19.4 Å². The number of benzene rings is 1. The van der Waals surface area contributed by atoms with Crippen LogP contribution in [-0.2, 0) is 4.79 Å². The van der Waals surface area contributed by atoms with E-state index in [9.17, 15) is 9.18 Å². The van der Waals surface area contributed by atoms with Crippen molar-refractivity contribution in [3.63, 3.8) is 0 Å². The van der Waals surface area contributed by atoms with Gasteiger partial charge in [-0.05, 0) is 37.6 Å². The molecule has 1 aromatic rings. The molecule has 1 heterocycles. The molecule has 1 aliphatic heterocycles. The maximum Gasteiger partial charge on any atom is 0.246 e. The number of nitrogens with one attached hydrogen (secondary N) is 1. The lowest BCUT2D eigenvalue weighted by Gasteiger charge is -2.35. The van der Waals surface area contributed by atoms with Gasteiger partial charge >= 0.3 is 0 Å². The van der Waals surface area contributed by atoms with E-state index in [-0.39, 0.29) is 11.7 Å². The highest BCUT2D eigenvalue weighted by atomic mass is 19.1. The van der Waals surface area contributed by atoms with Crippen LogP contribution in [0.4, 0.5) is 4.39 Å². The summed E-state index contributed by atoms with van der Waals surface area (Å²) in [4.78, 5) is 13.9. The first kappa shape index (κ1) is 13.7. The summed E-state index contributed by atoms with van der Waals surface area (Å²) in [5, 5.41) is 3.38. The SMILES string of the molecule is CC1CN(C(=O)C=Cc2cccc(F)c2)CC(C)N1. The van der Waals surface area contributed by atoms with Crippen LogP contribution in [-0.4, -0.2) is 36.0 Å². The van der Waals surface area contributed by atoms with Crippen molar-refractivity contribution < 1.29 is 9.18 Å². The van der Waals surface area contributed by atoms with Crippen molar-refractivity contribution in [3.05, 3.63) is 41.7 Å². The first-order chi connectivity index (χ1) is 9.04. The second-order valence-electron chi connectivity index (χ2n) is 5.10. The molecule has 0 aromatic heterocycles.